The van der Waals surface area contributed by atoms with E-state index in [1.165, 1.54) is 6.92 Å². The minimum atomic E-state index is -0.140. The highest BCUT2D eigenvalue weighted by molar-refractivity contribution is 7.98. The molecule has 0 fully saturated rings. The molecular formula is C16H13NO2S. The SMILES string of the molecule is CC(=O)Nc1ccc2c(c1)C(=O)c1ccccc1CS2. The quantitative estimate of drug-likeness (QED) is 0.871. The molecule has 0 saturated carbocycles. The fraction of sp³-hybridized carbons (Fsp3) is 0.125. The maximum atomic E-state index is 12.6. The molecule has 0 aromatic heterocycles. The fourth-order valence-corrected chi connectivity index (χ4v) is 3.32. The van der Waals surface area contributed by atoms with Gasteiger partial charge in [-0.2, -0.15) is 0 Å². The van der Waals surface area contributed by atoms with Gasteiger partial charge >= 0.3 is 0 Å². The Kier molecular flexibility index (Phi) is 3.32. The van der Waals surface area contributed by atoms with Crippen LogP contribution in [0.1, 0.15) is 28.4 Å². The summed E-state index contributed by atoms with van der Waals surface area (Å²) in [7, 11) is 0. The van der Waals surface area contributed by atoms with Gasteiger partial charge in [0.25, 0.3) is 0 Å². The first kappa shape index (κ1) is 12.9. The van der Waals surface area contributed by atoms with Crippen LogP contribution in [0.3, 0.4) is 0 Å². The highest BCUT2D eigenvalue weighted by atomic mass is 32.2. The number of hydrogen-bond donors (Lipinski definition) is 1. The molecule has 0 bridgehead atoms. The summed E-state index contributed by atoms with van der Waals surface area (Å²) in [6.07, 6.45) is 0. The van der Waals surface area contributed by atoms with Crippen LogP contribution in [0.4, 0.5) is 5.69 Å². The molecule has 2 aromatic carbocycles. The Morgan fingerprint density at radius 3 is 2.75 bits per heavy atom. The third-order valence-electron chi connectivity index (χ3n) is 3.19. The molecule has 1 aliphatic rings. The number of nitrogens with one attached hydrogen (secondary N) is 1. The van der Waals surface area contributed by atoms with Crippen molar-refractivity contribution >= 4 is 29.1 Å². The number of ketones is 1. The molecule has 2 aromatic rings. The monoisotopic (exact) mass is 283 g/mol. The van der Waals surface area contributed by atoms with Gasteiger partial charge in [-0.15, -0.1) is 11.8 Å². The van der Waals surface area contributed by atoms with Crippen molar-refractivity contribution in [2.24, 2.45) is 0 Å². The third-order valence-corrected chi connectivity index (χ3v) is 4.31. The number of rotatable bonds is 1. The van der Waals surface area contributed by atoms with Crippen molar-refractivity contribution in [3.8, 4) is 0 Å². The zero-order valence-corrected chi connectivity index (χ0v) is 11.8. The van der Waals surface area contributed by atoms with Gasteiger partial charge in [-0.05, 0) is 23.8 Å². The van der Waals surface area contributed by atoms with Crippen LogP contribution in [0.15, 0.2) is 47.4 Å². The summed E-state index contributed by atoms with van der Waals surface area (Å²) in [5.74, 6) is 0.667. The van der Waals surface area contributed by atoms with Gasteiger partial charge in [-0.3, -0.25) is 9.59 Å². The van der Waals surface area contributed by atoms with Gasteiger partial charge in [0.15, 0.2) is 5.78 Å². The Hall–Kier alpha value is -2.07. The Bertz CT molecular complexity index is 709. The van der Waals surface area contributed by atoms with Crippen LogP contribution in [0.5, 0.6) is 0 Å². The van der Waals surface area contributed by atoms with Crippen LogP contribution in [0.25, 0.3) is 0 Å². The van der Waals surface area contributed by atoms with Gasteiger partial charge < -0.3 is 5.32 Å². The van der Waals surface area contributed by atoms with Crippen molar-refractivity contribution in [1.82, 2.24) is 0 Å². The molecule has 0 atom stereocenters. The summed E-state index contributed by atoms with van der Waals surface area (Å²) in [4.78, 5) is 24.7. The molecule has 1 N–H and O–H groups in total. The Labute approximate surface area is 121 Å². The number of amides is 1. The largest absolute Gasteiger partial charge is 0.326 e. The highest BCUT2D eigenvalue weighted by Gasteiger charge is 2.21. The standard InChI is InChI=1S/C16H13NO2S/c1-10(18)17-12-6-7-15-14(8-12)16(19)13-5-3-2-4-11(13)9-20-15/h2-8H,9H2,1H3,(H,17,18). The van der Waals surface area contributed by atoms with Crippen LogP contribution in [0.2, 0.25) is 0 Å². The Morgan fingerprint density at radius 2 is 1.95 bits per heavy atom. The number of benzene rings is 2. The molecule has 0 unspecified atom stereocenters. The lowest BCUT2D eigenvalue weighted by Gasteiger charge is -2.08. The van der Waals surface area contributed by atoms with Gasteiger partial charge in [0.1, 0.15) is 0 Å². The first-order valence-electron chi connectivity index (χ1n) is 6.32. The van der Waals surface area contributed by atoms with Crippen LogP contribution in [-0.4, -0.2) is 11.7 Å². The molecule has 0 aliphatic carbocycles. The van der Waals surface area contributed by atoms with E-state index >= 15 is 0 Å². The van der Waals surface area contributed by atoms with E-state index < -0.39 is 0 Å². The maximum Gasteiger partial charge on any atom is 0.221 e. The van der Waals surface area contributed by atoms with Crippen molar-refractivity contribution < 1.29 is 9.59 Å². The molecule has 3 nitrogen and oxygen atoms in total. The van der Waals surface area contributed by atoms with Crippen molar-refractivity contribution in [3.05, 3.63) is 59.2 Å². The van der Waals surface area contributed by atoms with Gasteiger partial charge in [0.2, 0.25) is 5.91 Å². The first-order chi connectivity index (χ1) is 9.65. The summed E-state index contributed by atoms with van der Waals surface area (Å²) in [5.41, 5.74) is 3.12. The second-order valence-electron chi connectivity index (χ2n) is 4.67. The summed E-state index contributed by atoms with van der Waals surface area (Å²) >= 11 is 1.65. The number of thioether (sulfide) groups is 1. The lowest BCUT2D eigenvalue weighted by Crippen LogP contribution is -2.08. The summed E-state index contributed by atoms with van der Waals surface area (Å²) < 4.78 is 0. The smallest absolute Gasteiger partial charge is 0.221 e. The molecule has 20 heavy (non-hydrogen) atoms. The molecule has 100 valence electrons. The summed E-state index contributed by atoms with van der Waals surface area (Å²) in [6, 6.07) is 13.2. The molecule has 1 heterocycles. The van der Waals surface area contributed by atoms with Crippen LogP contribution in [0, 0.1) is 0 Å². The van der Waals surface area contributed by atoms with Crippen molar-refractivity contribution in [1.29, 1.82) is 0 Å². The van der Waals surface area contributed by atoms with E-state index in [9.17, 15) is 9.59 Å². The minimum Gasteiger partial charge on any atom is -0.326 e. The van der Waals surface area contributed by atoms with Gasteiger partial charge in [0.05, 0.1) is 0 Å². The van der Waals surface area contributed by atoms with Crippen molar-refractivity contribution in [2.75, 3.05) is 5.32 Å². The average Bonchev–Trinajstić information content (AvgIpc) is 2.57. The van der Waals surface area contributed by atoms with E-state index in [0.29, 0.717) is 11.3 Å². The predicted molar refractivity (Wildman–Crippen MR) is 80.2 cm³/mol. The van der Waals surface area contributed by atoms with Crippen LogP contribution >= 0.6 is 11.8 Å². The van der Waals surface area contributed by atoms with Crippen molar-refractivity contribution in [2.45, 2.75) is 17.6 Å². The molecule has 0 spiro atoms. The molecular weight excluding hydrogens is 270 g/mol. The lowest BCUT2D eigenvalue weighted by atomic mass is 9.99. The Balaban J connectivity index is 2.08. The maximum absolute atomic E-state index is 12.6. The topological polar surface area (TPSA) is 46.2 Å². The summed E-state index contributed by atoms with van der Waals surface area (Å²) in [5, 5.41) is 2.72. The van der Waals surface area contributed by atoms with E-state index in [1.54, 1.807) is 17.8 Å². The minimum absolute atomic E-state index is 0.0211. The molecule has 0 saturated heterocycles. The summed E-state index contributed by atoms with van der Waals surface area (Å²) in [6.45, 7) is 1.46. The van der Waals surface area contributed by atoms with Crippen LogP contribution < -0.4 is 5.32 Å². The normalized spacial score (nSPS) is 13.2. The van der Waals surface area contributed by atoms with E-state index in [0.717, 1.165) is 21.8 Å². The number of hydrogen-bond acceptors (Lipinski definition) is 3. The second-order valence-corrected chi connectivity index (χ2v) is 5.68. The fourth-order valence-electron chi connectivity index (χ4n) is 2.28. The van der Waals surface area contributed by atoms with Crippen molar-refractivity contribution in [3.63, 3.8) is 0 Å². The van der Waals surface area contributed by atoms with Gasteiger partial charge in [-0.1, -0.05) is 24.3 Å². The second kappa shape index (κ2) is 5.13. The zero-order chi connectivity index (χ0) is 14.1. The zero-order valence-electron chi connectivity index (χ0n) is 11.0. The lowest BCUT2D eigenvalue weighted by molar-refractivity contribution is -0.114. The number of carbonyl (C=O) groups excluding carboxylic acids is 2. The number of carbonyl (C=O) groups is 2. The van der Waals surface area contributed by atoms with E-state index in [4.69, 9.17) is 0 Å². The Morgan fingerprint density at radius 1 is 1.15 bits per heavy atom. The van der Waals surface area contributed by atoms with E-state index in [2.05, 4.69) is 5.32 Å². The van der Waals surface area contributed by atoms with Crippen LogP contribution in [-0.2, 0) is 10.5 Å². The molecule has 1 amide bonds. The highest BCUT2D eigenvalue weighted by Crippen LogP contribution is 2.34. The first-order valence-corrected chi connectivity index (χ1v) is 7.31. The molecule has 1 aliphatic heterocycles. The molecule has 0 radical (unpaired) electrons. The predicted octanol–water partition coefficient (Wildman–Crippen LogP) is 3.48. The van der Waals surface area contributed by atoms with E-state index in [-0.39, 0.29) is 11.7 Å². The molecule has 4 heteroatoms. The van der Waals surface area contributed by atoms with Gasteiger partial charge in [0, 0.05) is 34.4 Å². The number of anilines is 1. The molecule has 3 rings (SSSR count). The van der Waals surface area contributed by atoms with E-state index in [1.807, 2.05) is 36.4 Å². The third kappa shape index (κ3) is 2.34. The number of fused-ring (bicyclic) bond motifs is 2. The average molecular weight is 283 g/mol. The van der Waals surface area contributed by atoms with Gasteiger partial charge in [-0.25, -0.2) is 0 Å².